The third-order valence-electron chi connectivity index (χ3n) is 3.78. The van der Waals surface area contributed by atoms with Crippen LogP contribution >= 0.6 is 15.9 Å². The number of carbonyl (C=O) groups excluding carboxylic acids is 1. The SMILES string of the molecule is CC(C)S(=O)(=O)c1cccc(C(=O)Nc2nnc(-c3ccc(Br)cc3)o2)c1. The monoisotopic (exact) mass is 449 g/mol. The van der Waals surface area contributed by atoms with Crippen LogP contribution in [0.15, 0.2) is 62.3 Å². The second kappa shape index (κ2) is 7.61. The van der Waals surface area contributed by atoms with Crippen LogP contribution in [0.2, 0.25) is 0 Å². The van der Waals surface area contributed by atoms with Gasteiger partial charge in [-0.2, -0.15) is 0 Å². The molecule has 2 aromatic carbocycles. The fraction of sp³-hybridized carbons (Fsp3) is 0.167. The number of halogens is 1. The van der Waals surface area contributed by atoms with Gasteiger partial charge in [0.15, 0.2) is 9.84 Å². The molecule has 0 aliphatic carbocycles. The molecule has 0 atom stereocenters. The van der Waals surface area contributed by atoms with Gasteiger partial charge in [-0.15, -0.1) is 5.10 Å². The van der Waals surface area contributed by atoms with Crippen molar-refractivity contribution in [3.63, 3.8) is 0 Å². The number of aromatic nitrogens is 2. The first-order chi connectivity index (χ1) is 12.8. The van der Waals surface area contributed by atoms with Crippen LogP contribution in [0.25, 0.3) is 11.5 Å². The van der Waals surface area contributed by atoms with E-state index in [2.05, 4.69) is 31.4 Å². The van der Waals surface area contributed by atoms with Crippen molar-refractivity contribution in [1.29, 1.82) is 0 Å². The molecule has 3 aromatic rings. The summed E-state index contributed by atoms with van der Waals surface area (Å²) >= 11 is 3.34. The predicted octanol–water partition coefficient (Wildman–Crippen LogP) is 3.93. The molecule has 0 radical (unpaired) electrons. The van der Waals surface area contributed by atoms with Crippen LogP contribution in [0.1, 0.15) is 24.2 Å². The first-order valence-corrected chi connectivity index (χ1v) is 10.4. The van der Waals surface area contributed by atoms with Gasteiger partial charge in [0, 0.05) is 15.6 Å². The number of hydrogen-bond donors (Lipinski definition) is 1. The van der Waals surface area contributed by atoms with Gasteiger partial charge in [0.2, 0.25) is 5.89 Å². The number of amides is 1. The molecule has 7 nitrogen and oxygen atoms in total. The smallest absolute Gasteiger partial charge is 0.322 e. The summed E-state index contributed by atoms with van der Waals surface area (Å²) in [5, 5.41) is 9.60. The van der Waals surface area contributed by atoms with Gasteiger partial charge in [0.05, 0.1) is 10.1 Å². The zero-order chi connectivity index (χ0) is 19.6. The van der Waals surface area contributed by atoms with Crippen molar-refractivity contribution in [2.24, 2.45) is 0 Å². The van der Waals surface area contributed by atoms with Crippen molar-refractivity contribution < 1.29 is 17.6 Å². The second-order valence-electron chi connectivity index (χ2n) is 5.99. The van der Waals surface area contributed by atoms with E-state index in [-0.39, 0.29) is 22.4 Å². The third kappa shape index (κ3) is 4.25. The standard InChI is InChI=1S/C18H16BrN3O4S/c1-11(2)27(24,25)15-5-3-4-13(10-15)16(23)20-18-22-21-17(26-18)12-6-8-14(19)9-7-12/h3-11H,1-2H3,(H,20,22,23). The third-order valence-corrected chi connectivity index (χ3v) is 6.46. The average molecular weight is 450 g/mol. The molecule has 27 heavy (non-hydrogen) atoms. The molecule has 0 aliphatic rings. The Bertz CT molecular complexity index is 1080. The van der Waals surface area contributed by atoms with Gasteiger partial charge < -0.3 is 4.42 Å². The maximum atomic E-state index is 12.4. The van der Waals surface area contributed by atoms with Gasteiger partial charge in [-0.05, 0) is 56.3 Å². The summed E-state index contributed by atoms with van der Waals surface area (Å²) in [4.78, 5) is 12.5. The minimum atomic E-state index is -3.48. The lowest BCUT2D eigenvalue weighted by atomic mass is 10.2. The molecule has 1 heterocycles. The van der Waals surface area contributed by atoms with Gasteiger partial charge in [0.25, 0.3) is 5.91 Å². The van der Waals surface area contributed by atoms with E-state index in [1.54, 1.807) is 26.0 Å². The highest BCUT2D eigenvalue weighted by molar-refractivity contribution is 9.10. The molecule has 0 fully saturated rings. The van der Waals surface area contributed by atoms with Crippen molar-refractivity contribution in [2.75, 3.05) is 5.32 Å². The summed E-state index contributed by atoms with van der Waals surface area (Å²) in [6, 6.07) is 13.0. The first kappa shape index (κ1) is 19.2. The topological polar surface area (TPSA) is 102 Å². The van der Waals surface area contributed by atoms with Crippen LogP contribution < -0.4 is 5.32 Å². The minimum Gasteiger partial charge on any atom is -0.403 e. The molecule has 9 heteroatoms. The summed E-state index contributed by atoms with van der Waals surface area (Å²) < 4.78 is 30.9. The quantitative estimate of drug-likeness (QED) is 0.632. The number of anilines is 1. The number of nitrogens with zero attached hydrogens (tertiary/aromatic N) is 2. The molecule has 140 valence electrons. The molecule has 0 unspecified atom stereocenters. The molecule has 0 bridgehead atoms. The van der Waals surface area contributed by atoms with Gasteiger partial charge >= 0.3 is 6.01 Å². The average Bonchev–Trinajstić information content (AvgIpc) is 3.10. The van der Waals surface area contributed by atoms with E-state index in [1.165, 1.54) is 24.3 Å². The minimum absolute atomic E-state index is 0.0740. The summed E-state index contributed by atoms with van der Waals surface area (Å²) in [5.41, 5.74) is 0.885. The van der Waals surface area contributed by atoms with E-state index in [0.29, 0.717) is 5.56 Å². The highest BCUT2D eigenvalue weighted by atomic mass is 79.9. The lowest BCUT2D eigenvalue weighted by Gasteiger charge is -2.09. The summed E-state index contributed by atoms with van der Waals surface area (Å²) in [6.07, 6.45) is 0. The van der Waals surface area contributed by atoms with Crippen molar-refractivity contribution in [3.05, 3.63) is 58.6 Å². The number of nitrogens with one attached hydrogen (secondary N) is 1. The molecule has 0 spiro atoms. The van der Waals surface area contributed by atoms with Crippen LogP contribution in [0.4, 0.5) is 6.01 Å². The lowest BCUT2D eigenvalue weighted by Crippen LogP contribution is -2.16. The molecule has 0 saturated carbocycles. The highest BCUT2D eigenvalue weighted by Crippen LogP contribution is 2.23. The van der Waals surface area contributed by atoms with Crippen LogP contribution in [0.3, 0.4) is 0 Å². The van der Waals surface area contributed by atoms with Crippen LogP contribution in [0, 0.1) is 0 Å². The predicted molar refractivity (Wildman–Crippen MR) is 104 cm³/mol. The second-order valence-corrected chi connectivity index (χ2v) is 9.41. The molecule has 1 aromatic heterocycles. The fourth-order valence-electron chi connectivity index (χ4n) is 2.24. The van der Waals surface area contributed by atoms with Crippen molar-refractivity contribution >= 4 is 37.7 Å². The highest BCUT2D eigenvalue weighted by Gasteiger charge is 2.21. The van der Waals surface area contributed by atoms with Gasteiger partial charge in [0.1, 0.15) is 0 Å². The van der Waals surface area contributed by atoms with Crippen LogP contribution in [-0.2, 0) is 9.84 Å². The summed E-state index contributed by atoms with van der Waals surface area (Å²) in [7, 11) is -3.48. The Balaban J connectivity index is 1.79. The van der Waals surface area contributed by atoms with Crippen molar-refractivity contribution in [2.45, 2.75) is 24.0 Å². The van der Waals surface area contributed by atoms with Gasteiger partial charge in [-0.1, -0.05) is 27.1 Å². The maximum absolute atomic E-state index is 12.4. The van der Waals surface area contributed by atoms with E-state index in [9.17, 15) is 13.2 Å². The van der Waals surface area contributed by atoms with Crippen molar-refractivity contribution in [1.82, 2.24) is 10.2 Å². The van der Waals surface area contributed by atoms with Crippen LogP contribution in [0.5, 0.6) is 0 Å². The number of sulfone groups is 1. The first-order valence-electron chi connectivity index (χ1n) is 8.02. The molecular weight excluding hydrogens is 434 g/mol. The Kier molecular flexibility index (Phi) is 5.43. The zero-order valence-corrected chi connectivity index (χ0v) is 16.9. The number of benzene rings is 2. The maximum Gasteiger partial charge on any atom is 0.322 e. The lowest BCUT2D eigenvalue weighted by molar-refractivity contribution is 0.102. The number of carbonyl (C=O) groups is 1. The van der Waals surface area contributed by atoms with E-state index < -0.39 is 21.0 Å². The zero-order valence-electron chi connectivity index (χ0n) is 14.5. The Morgan fingerprint density at radius 1 is 1.11 bits per heavy atom. The molecule has 1 N–H and O–H groups in total. The van der Waals surface area contributed by atoms with E-state index >= 15 is 0 Å². The summed E-state index contributed by atoms with van der Waals surface area (Å²) in [5.74, 6) is -0.282. The molecule has 0 aliphatic heterocycles. The normalized spacial score (nSPS) is 11.6. The molecule has 1 amide bonds. The Labute approximate surface area is 164 Å². The van der Waals surface area contributed by atoms with Gasteiger partial charge in [-0.25, -0.2) is 8.42 Å². The fourth-order valence-corrected chi connectivity index (χ4v) is 3.61. The van der Waals surface area contributed by atoms with Crippen LogP contribution in [-0.4, -0.2) is 29.8 Å². The summed E-state index contributed by atoms with van der Waals surface area (Å²) in [6.45, 7) is 3.17. The van der Waals surface area contributed by atoms with Crippen molar-refractivity contribution in [3.8, 4) is 11.5 Å². The van der Waals surface area contributed by atoms with Gasteiger partial charge in [-0.3, -0.25) is 10.1 Å². The Morgan fingerprint density at radius 2 is 1.81 bits per heavy atom. The largest absolute Gasteiger partial charge is 0.403 e. The van der Waals surface area contributed by atoms with E-state index in [0.717, 1.165) is 4.47 Å². The number of rotatable bonds is 5. The number of hydrogen-bond acceptors (Lipinski definition) is 6. The Morgan fingerprint density at radius 3 is 2.48 bits per heavy atom. The molecule has 3 rings (SSSR count). The van der Waals surface area contributed by atoms with E-state index in [1.807, 2.05) is 12.1 Å². The Hall–Kier alpha value is -2.52. The molecular formula is C18H16BrN3O4S. The van der Waals surface area contributed by atoms with E-state index in [4.69, 9.17) is 4.42 Å². The molecule has 0 saturated heterocycles.